The van der Waals surface area contributed by atoms with E-state index in [0.29, 0.717) is 0 Å². The number of aliphatic hydroxyl groups is 1. The first kappa shape index (κ1) is 16.6. The van der Waals surface area contributed by atoms with Gasteiger partial charge in [-0.2, -0.15) is 0 Å². The Balaban J connectivity index is 1.86. The quantitative estimate of drug-likeness (QED) is 0.704. The first-order valence-electron chi connectivity index (χ1n) is 8.01. The van der Waals surface area contributed by atoms with Gasteiger partial charge in [-0.1, -0.05) is 31.4 Å². The lowest BCUT2D eigenvalue weighted by molar-refractivity contribution is -0.120. The van der Waals surface area contributed by atoms with Gasteiger partial charge in [0.1, 0.15) is 5.75 Å². The second-order valence-corrected chi connectivity index (χ2v) is 5.81. The lowest BCUT2D eigenvalue weighted by Gasteiger charge is -2.24. The molecule has 3 N–H and O–H groups in total. The number of para-hydroxylation sites is 2. The highest BCUT2D eigenvalue weighted by Crippen LogP contribution is 2.24. The van der Waals surface area contributed by atoms with Gasteiger partial charge in [-0.05, 0) is 25.0 Å². The summed E-state index contributed by atoms with van der Waals surface area (Å²) in [7, 11) is 1.61. The molecule has 2 rings (SSSR count). The van der Waals surface area contributed by atoms with Gasteiger partial charge >= 0.3 is 0 Å². The SMILES string of the molecule is COc1ccccc1NCC(=O)NC1CCCCCC1CO. The van der Waals surface area contributed by atoms with E-state index in [1.54, 1.807) is 7.11 Å². The largest absolute Gasteiger partial charge is 0.495 e. The van der Waals surface area contributed by atoms with Crippen molar-refractivity contribution in [1.82, 2.24) is 5.32 Å². The first-order chi connectivity index (χ1) is 10.7. The summed E-state index contributed by atoms with van der Waals surface area (Å²) in [5.74, 6) is 0.854. The van der Waals surface area contributed by atoms with Crippen LogP contribution in [-0.4, -0.2) is 37.3 Å². The third-order valence-corrected chi connectivity index (χ3v) is 4.29. The summed E-state index contributed by atoms with van der Waals surface area (Å²) in [6.07, 6.45) is 5.37. The average Bonchev–Trinajstić information content (AvgIpc) is 2.78. The van der Waals surface area contributed by atoms with Crippen LogP contribution in [0.5, 0.6) is 5.75 Å². The zero-order valence-corrected chi connectivity index (χ0v) is 13.2. The molecule has 5 nitrogen and oxygen atoms in total. The number of hydrogen-bond donors (Lipinski definition) is 3. The number of carbonyl (C=O) groups excluding carboxylic acids is 1. The van der Waals surface area contributed by atoms with Crippen molar-refractivity contribution in [1.29, 1.82) is 0 Å². The van der Waals surface area contributed by atoms with Crippen molar-refractivity contribution in [3.63, 3.8) is 0 Å². The van der Waals surface area contributed by atoms with Crippen LogP contribution in [0.25, 0.3) is 0 Å². The topological polar surface area (TPSA) is 70.6 Å². The molecule has 1 fully saturated rings. The molecule has 0 saturated heterocycles. The maximum atomic E-state index is 12.2. The monoisotopic (exact) mass is 306 g/mol. The second kappa shape index (κ2) is 8.63. The summed E-state index contributed by atoms with van der Waals surface area (Å²) in [5, 5.41) is 15.7. The van der Waals surface area contributed by atoms with E-state index < -0.39 is 0 Å². The lowest BCUT2D eigenvalue weighted by Crippen LogP contribution is -2.43. The molecule has 0 heterocycles. The number of aliphatic hydroxyl groups excluding tert-OH is 1. The van der Waals surface area contributed by atoms with Crippen molar-refractivity contribution < 1.29 is 14.6 Å². The normalized spacial score (nSPS) is 21.7. The molecule has 1 aromatic carbocycles. The minimum atomic E-state index is -0.0451. The Morgan fingerprint density at radius 1 is 1.27 bits per heavy atom. The van der Waals surface area contributed by atoms with Crippen molar-refractivity contribution in [2.24, 2.45) is 5.92 Å². The Labute approximate surface area is 132 Å². The Kier molecular flexibility index (Phi) is 6.52. The summed E-state index contributed by atoms with van der Waals surface area (Å²) in [4.78, 5) is 12.2. The number of rotatable bonds is 6. The van der Waals surface area contributed by atoms with E-state index in [4.69, 9.17) is 4.74 Å². The Morgan fingerprint density at radius 3 is 2.82 bits per heavy atom. The van der Waals surface area contributed by atoms with Crippen LogP contribution < -0.4 is 15.4 Å². The first-order valence-corrected chi connectivity index (χ1v) is 8.01. The molecule has 1 aliphatic carbocycles. The number of benzene rings is 1. The average molecular weight is 306 g/mol. The Hall–Kier alpha value is -1.75. The fraction of sp³-hybridized carbons (Fsp3) is 0.588. The summed E-state index contributed by atoms with van der Waals surface area (Å²) in [5.41, 5.74) is 0.805. The van der Waals surface area contributed by atoms with Gasteiger partial charge in [0.15, 0.2) is 0 Å². The van der Waals surface area contributed by atoms with E-state index in [2.05, 4.69) is 10.6 Å². The van der Waals surface area contributed by atoms with Crippen molar-refractivity contribution in [2.45, 2.75) is 38.1 Å². The fourth-order valence-corrected chi connectivity index (χ4v) is 3.02. The van der Waals surface area contributed by atoms with E-state index in [0.717, 1.165) is 37.1 Å². The molecule has 2 atom stereocenters. The number of ether oxygens (including phenoxy) is 1. The van der Waals surface area contributed by atoms with E-state index >= 15 is 0 Å². The number of anilines is 1. The van der Waals surface area contributed by atoms with Gasteiger partial charge in [0, 0.05) is 18.6 Å². The summed E-state index contributed by atoms with van der Waals surface area (Å²) in [6.45, 7) is 0.347. The molecular formula is C17H26N2O3. The highest BCUT2D eigenvalue weighted by molar-refractivity contribution is 5.81. The Morgan fingerprint density at radius 2 is 2.05 bits per heavy atom. The van der Waals surface area contributed by atoms with Crippen LogP contribution in [0, 0.1) is 5.92 Å². The molecule has 0 spiro atoms. The van der Waals surface area contributed by atoms with Crippen LogP contribution in [0.1, 0.15) is 32.1 Å². The number of nitrogens with one attached hydrogen (secondary N) is 2. The minimum Gasteiger partial charge on any atom is -0.495 e. The molecule has 1 aliphatic rings. The molecule has 0 radical (unpaired) electrons. The highest BCUT2D eigenvalue weighted by Gasteiger charge is 2.24. The highest BCUT2D eigenvalue weighted by atomic mass is 16.5. The summed E-state index contributed by atoms with van der Waals surface area (Å²) in [6, 6.07) is 7.61. The van der Waals surface area contributed by atoms with E-state index in [1.165, 1.54) is 6.42 Å². The number of methoxy groups -OCH3 is 1. The molecule has 1 amide bonds. The van der Waals surface area contributed by atoms with E-state index in [1.807, 2.05) is 24.3 Å². The molecule has 22 heavy (non-hydrogen) atoms. The standard InChI is InChI=1S/C17H26N2O3/c1-22-16-10-6-5-9-15(16)18-11-17(21)19-14-8-4-2-3-7-13(14)12-20/h5-6,9-10,13-14,18,20H,2-4,7-8,11-12H2,1H3,(H,19,21). The predicted octanol–water partition coefficient (Wildman–Crippen LogP) is 2.16. The summed E-state index contributed by atoms with van der Waals surface area (Å²) >= 11 is 0. The number of carbonyl (C=O) groups is 1. The van der Waals surface area contributed by atoms with Gasteiger partial charge in [-0.15, -0.1) is 0 Å². The molecule has 5 heteroatoms. The van der Waals surface area contributed by atoms with Crippen molar-refractivity contribution >= 4 is 11.6 Å². The molecular weight excluding hydrogens is 280 g/mol. The minimum absolute atomic E-state index is 0.0451. The van der Waals surface area contributed by atoms with Gasteiger partial charge in [-0.3, -0.25) is 4.79 Å². The third kappa shape index (κ3) is 4.63. The van der Waals surface area contributed by atoms with Gasteiger partial charge in [0.25, 0.3) is 0 Å². The zero-order chi connectivity index (χ0) is 15.8. The van der Waals surface area contributed by atoms with Gasteiger partial charge in [0.05, 0.1) is 19.3 Å². The molecule has 0 aliphatic heterocycles. The van der Waals surface area contributed by atoms with Crippen molar-refractivity contribution in [3.05, 3.63) is 24.3 Å². The molecule has 122 valence electrons. The summed E-state index contributed by atoms with van der Waals surface area (Å²) < 4.78 is 5.25. The molecule has 0 aromatic heterocycles. The molecule has 0 bridgehead atoms. The van der Waals surface area contributed by atoms with Crippen molar-refractivity contribution in [3.8, 4) is 5.75 Å². The third-order valence-electron chi connectivity index (χ3n) is 4.29. The van der Waals surface area contributed by atoms with Crippen LogP contribution in [0.4, 0.5) is 5.69 Å². The van der Waals surface area contributed by atoms with Gasteiger partial charge in [0.2, 0.25) is 5.91 Å². The van der Waals surface area contributed by atoms with Crippen LogP contribution in [-0.2, 0) is 4.79 Å². The second-order valence-electron chi connectivity index (χ2n) is 5.81. The van der Waals surface area contributed by atoms with Crippen LogP contribution in [0.2, 0.25) is 0 Å². The van der Waals surface area contributed by atoms with Crippen LogP contribution in [0.3, 0.4) is 0 Å². The van der Waals surface area contributed by atoms with Crippen molar-refractivity contribution in [2.75, 3.05) is 25.6 Å². The maximum Gasteiger partial charge on any atom is 0.239 e. The van der Waals surface area contributed by atoms with E-state index in [-0.39, 0.29) is 31.0 Å². The fourth-order valence-electron chi connectivity index (χ4n) is 3.02. The van der Waals surface area contributed by atoms with Crippen LogP contribution in [0.15, 0.2) is 24.3 Å². The molecule has 1 saturated carbocycles. The lowest BCUT2D eigenvalue weighted by atomic mass is 9.95. The van der Waals surface area contributed by atoms with E-state index in [9.17, 15) is 9.90 Å². The smallest absolute Gasteiger partial charge is 0.239 e. The molecule has 2 unspecified atom stereocenters. The number of hydrogen-bond acceptors (Lipinski definition) is 4. The van der Waals surface area contributed by atoms with Gasteiger partial charge < -0.3 is 20.5 Å². The number of amides is 1. The zero-order valence-electron chi connectivity index (χ0n) is 13.2. The Bertz CT molecular complexity index is 479. The predicted molar refractivity (Wildman–Crippen MR) is 87.1 cm³/mol. The molecule has 1 aromatic rings. The maximum absolute atomic E-state index is 12.2. The van der Waals surface area contributed by atoms with Crippen LogP contribution >= 0.6 is 0 Å². The van der Waals surface area contributed by atoms with Gasteiger partial charge in [-0.25, -0.2) is 0 Å².